The van der Waals surface area contributed by atoms with E-state index in [0.717, 1.165) is 0 Å². The molecule has 5 nitrogen and oxygen atoms in total. The molecule has 0 aliphatic carbocycles. The van der Waals surface area contributed by atoms with E-state index in [4.69, 9.17) is 14.6 Å². The molecule has 2 aromatic rings. The average Bonchev–Trinajstić information content (AvgIpc) is 2.39. The summed E-state index contributed by atoms with van der Waals surface area (Å²) in [5.41, 5.74) is 0.209. The van der Waals surface area contributed by atoms with Crippen molar-refractivity contribution in [2.24, 2.45) is 0 Å². The lowest BCUT2D eigenvalue weighted by Crippen LogP contribution is -1.95. The number of nitrogens with zero attached hydrogens (tertiary/aromatic N) is 1. The first-order valence-corrected chi connectivity index (χ1v) is 5.20. The van der Waals surface area contributed by atoms with Crippen LogP contribution in [-0.2, 0) is 0 Å². The van der Waals surface area contributed by atoms with Crippen LogP contribution in [0, 0.1) is 0 Å². The zero-order valence-corrected chi connectivity index (χ0v) is 9.66. The minimum absolute atomic E-state index is 0.209. The van der Waals surface area contributed by atoms with Crippen molar-refractivity contribution in [2.75, 3.05) is 7.11 Å². The van der Waals surface area contributed by atoms with Crippen LogP contribution in [0.2, 0.25) is 0 Å². The van der Waals surface area contributed by atoms with Crippen molar-refractivity contribution >= 4 is 5.97 Å². The van der Waals surface area contributed by atoms with Gasteiger partial charge in [0.2, 0.25) is 5.88 Å². The number of hydrogen-bond donors (Lipinski definition) is 1. The van der Waals surface area contributed by atoms with Gasteiger partial charge < -0.3 is 14.6 Å². The Balaban J connectivity index is 2.15. The average molecular weight is 245 g/mol. The van der Waals surface area contributed by atoms with Crippen LogP contribution in [0.4, 0.5) is 0 Å². The number of pyridine rings is 1. The van der Waals surface area contributed by atoms with Crippen molar-refractivity contribution in [3.8, 4) is 17.4 Å². The molecule has 0 aliphatic heterocycles. The van der Waals surface area contributed by atoms with Gasteiger partial charge in [-0.05, 0) is 30.3 Å². The summed E-state index contributed by atoms with van der Waals surface area (Å²) in [4.78, 5) is 14.7. The van der Waals surface area contributed by atoms with Crippen LogP contribution in [0.3, 0.4) is 0 Å². The van der Waals surface area contributed by atoms with E-state index in [2.05, 4.69) is 4.98 Å². The normalized spacial score (nSPS) is 9.83. The van der Waals surface area contributed by atoms with Gasteiger partial charge in [0.1, 0.15) is 11.5 Å². The maximum Gasteiger partial charge on any atom is 0.335 e. The van der Waals surface area contributed by atoms with Crippen molar-refractivity contribution < 1.29 is 19.4 Å². The number of carboxylic acid groups (broad SMARTS) is 1. The van der Waals surface area contributed by atoms with Crippen molar-refractivity contribution in [3.05, 3.63) is 48.2 Å². The molecule has 0 radical (unpaired) electrons. The van der Waals surface area contributed by atoms with E-state index in [1.807, 2.05) is 0 Å². The summed E-state index contributed by atoms with van der Waals surface area (Å²) in [6, 6.07) is 9.44. The molecule has 0 atom stereocenters. The summed E-state index contributed by atoms with van der Waals surface area (Å²) in [5, 5.41) is 8.76. The molecule has 0 unspecified atom stereocenters. The Bertz CT molecular complexity index is 551. The van der Waals surface area contributed by atoms with Gasteiger partial charge in [0.05, 0.1) is 12.7 Å². The summed E-state index contributed by atoms with van der Waals surface area (Å²) >= 11 is 0. The van der Waals surface area contributed by atoms with Crippen LogP contribution >= 0.6 is 0 Å². The van der Waals surface area contributed by atoms with Crippen molar-refractivity contribution in [1.29, 1.82) is 0 Å². The van der Waals surface area contributed by atoms with Gasteiger partial charge in [-0.2, -0.15) is 0 Å². The van der Waals surface area contributed by atoms with Gasteiger partial charge in [0.25, 0.3) is 0 Å². The summed E-state index contributed by atoms with van der Waals surface area (Å²) in [5.74, 6) is 0.571. The molecule has 18 heavy (non-hydrogen) atoms. The summed E-state index contributed by atoms with van der Waals surface area (Å²) < 4.78 is 10.5. The molecule has 0 bridgehead atoms. The van der Waals surface area contributed by atoms with Gasteiger partial charge in [-0.25, -0.2) is 9.78 Å². The third kappa shape index (κ3) is 2.76. The second kappa shape index (κ2) is 5.18. The van der Waals surface area contributed by atoms with E-state index in [9.17, 15) is 4.79 Å². The predicted molar refractivity (Wildman–Crippen MR) is 64.3 cm³/mol. The lowest BCUT2D eigenvalue weighted by Gasteiger charge is -2.06. The largest absolute Gasteiger partial charge is 0.497 e. The highest BCUT2D eigenvalue weighted by Gasteiger charge is 2.04. The highest BCUT2D eigenvalue weighted by molar-refractivity contribution is 5.87. The Morgan fingerprint density at radius 1 is 1.17 bits per heavy atom. The van der Waals surface area contributed by atoms with Gasteiger partial charge in [0, 0.05) is 12.3 Å². The number of carbonyl (C=O) groups is 1. The highest BCUT2D eigenvalue weighted by Crippen LogP contribution is 2.22. The fourth-order valence-corrected chi connectivity index (χ4v) is 1.36. The molecule has 92 valence electrons. The van der Waals surface area contributed by atoms with E-state index in [1.165, 1.54) is 12.1 Å². The fourth-order valence-electron chi connectivity index (χ4n) is 1.36. The molecule has 0 aliphatic rings. The molecule has 0 spiro atoms. The second-order valence-corrected chi connectivity index (χ2v) is 3.47. The number of benzene rings is 1. The van der Waals surface area contributed by atoms with E-state index >= 15 is 0 Å². The first-order valence-electron chi connectivity index (χ1n) is 5.20. The highest BCUT2D eigenvalue weighted by atomic mass is 16.5. The zero-order valence-electron chi connectivity index (χ0n) is 9.66. The van der Waals surface area contributed by atoms with Crippen molar-refractivity contribution in [3.63, 3.8) is 0 Å². The fraction of sp³-hybridized carbons (Fsp3) is 0.0769. The summed E-state index contributed by atoms with van der Waals surface area (Å²) in [6.45, 7) is 0. The first-order chi connectivity index (χ1) is 8.69. The molecule has 2 rings (SSSR count). The lowest BCUT2D eigenvalue weighted by molar-refractivity contribution is 0.0697. The summed E-state index contributed by atoms with van der Waals surface area (Å²) in [7, 11) is 1.56. The van der Waals surface area contributed by atoms with Crippen molar-refractivity contribution in [2.45, 2.75) is 0 Å². The maximum atomic E-state index is 10.7. The van der Waals surface area contributed by atoms with Crippen LogP contribution in [0.15, 0.2) is 42.6 Å². The van der Waals surface area contributed by atoms with E-state index in [1.54, 1.807) is 37.6 Å². The third-order valence-corrected chi connectivity index (χ3v) is 2.27. The van der Waals surface area contributed by atoms with Gasteiger partial charge in [-0.1, -0.05) is 0 Å². The smallest absolute Gasteiger partial charge is 0.335 e. The minimum Gasteiger partial charge on any atom is -0.497 e. The maximum absolute atomic E-state index is 10.7. The molecule has 5 heteroatoms. The molecule has 1 aromatic carbocycles. The Kier molecular flexibility index (Phi) is 3.43. The molecule has 1 N–H and O–H groups in total. The summed E-state index contributed by atoms with van der Waals surface area (Å²) in [6.07, 6.45) is 1.57. The first kappa shape index (κ1) is 11.9. The Labute approximate surface area is 104 Å². The molecular formula is C13H11NO4. The number of hydrogen-bond acceptors (Lipinski definition) is 4. The molecule has 1 aromatic heterocycles. The van der Waals surface area contributed by atoms with Crippen LogP contribution in [0.1, 0.15) is 10.4 Å². The molecular weight excluding hydrogens is 234 g/mol. The van der Waals surface area contributed by atoms with Crippen LogP contribution < -0.4 is 9.47 Å². The molecule has 0 saturated carbocycles. The Hall–Kier alpha value is -2.56. The van der Waals surface area contributed by atoms with Crippen LogP contribution in [0.25, 0.3) is 0 Å². The monoisotopic (exact) mass is 245 g/mol. The Morgan fingerprint density at radius 3 is 2.50 bits per heavy atom. The topological polar surface area (TPSA) is 68.7 Å². The van der Waals surface area contributed by atoms with Gasteiger partial charge in [-0.15, -0.1) is 0 Å². The molecule has 0 amide bonds. The molecule has 1 heterocycles. The SMILES string of the molecule is COc1ccnc(Oc2ccc(C(=O)O)cc2)c1. The number of aromatic nitrogens is 1. The van der Waals surface area contributed by atoms with Gasteiger partial charge in [-0.3, -0.25) is 0 Å². The van der Waals surface area contributed by atoms with Crippen LogP contribution in [0.5, 0.6) is 17.4 Å². The lowest BCUT2D eigenvalue weighted by atomic mass is 10.2. The minimum atomic E-state index is -0.971. The number of rotatable bonds is 4. The van der Waals surface area contributed by atoms with E-state index < -0.39 is 5.97 Å². The molecule has 0 fully saturated rings. The van der Waals surface area contributed by atoms with E-state index in [-0.39, 0.29) is 5.56 Å². The second-order valence-electron chi connectivity index (χ2n) is 3.47. The van der Waals surface area contributed by atoms with E-state index in [0.29, 0.717) is 17.4 Å². The quantitative estimate of drug-likeness (QED) is 0.896. The zero-order chi connectivity index (χ0) is 13.0. The van der Waals surface area contributed by atoms with Crippen molar-refractivity contribution in [1.82, 2.24) is 4.98 Å². The number of aromatic carboxylic acids is 1. The van der Waals surface area contributed by atoms with Gasteiger partial charge in [0.15, 0.2) is 0 Å². The van der Waals surface area contributed by atoms with Gasteiger partial charge >= 0.3 is 5.97 Å². The standard InChI is InChI=1S/C13H11NO4/c1-17-11-6-7-14-12(8-11)18-10-4-2-9(3-5-10)13(15)16/h2-8H,1H3,(H,15,16). The molecule has 0 saturated heterocycles. The number of ether oxygens (including phenoxy) is 2. The third-order valence-electron chi connectivity index (χ3n) is 2.27. The number of methoxy groups -OCH3 is 1. The number of carboxylic acids is 1. The predicted octanol–water partition coefficient (Wildman–Crippen LogP) is 2.58. The Morgan fingerprint density at radius 2 is 1.89 bits per heavy atom. The van der Waals surface area contributed by atoms with Crippen LogP contribution in [-0.4, -0.2) is 23.2 Å².